The molecular weight excluding hydrogens is 309 g/mol. The Morgan fingerprint density at radius 3 is 2.68 bits per heavy atom. The Hall–Kier alpha value is -2.40. The highest BCUT2D eigenvalue weighted by Crippen LogP contribution is 2.28. The Bertz CT molecular complexity index is 746. The number of amides is 1. The summed E-state index contributed by atoms with van der Waals surface area (Å²) in [7, 11) is 0. The van der Waals surface area contributed by atoms with Crippen LogP contribution in [-0.2, 0) is 4.79 Å². The molecule has 0 spiro atoms. The van der Waals surface area contributed by atoms with Gasteiger partial charge in [0, 0.05) is 10.7 Å². The van der Waals surface area contributed by atoms with Crippen molar-refractivity contribution in [2.75, 3.05) is 5.32 Å². The molecule has 0 saturated heterocycles. The molecule has 6 heteroatoms. The van der Waals surface area contributed by atoms with Crippen molar-refractivity contribution in [1.82, 2.24) is 0 Å². The molecule has 0 bridgehead atoms. The maximum atomic E-state index is 13.1. The average Bonchev–Trinajstić information content (AvgIpc) is 2.50. The monoisotopic (exact) mass is 319 g/mol. The van der Waals surface area contributed by atoms with Gasteiger partial charge in [0.1, 0.15) is 11.6 Å². The molecule has 1 atom stereocenters. The number of fused-ring (bicyclic) bond motifs is 1. The summed E-state index contributed by atoms with van der Waals surface area (Å²) >= 11 is 5.77. The normalized spacial score (nSPS) is 16.6. The summed E-state index contributed by atoms with van der Waals surface area (Å²) < 4.78 is 18.6. The van der Waals surface area contributed by atoms with Crippen LogP contribution in [0.4, 0.5) is 10.1 Å². The summed E-state index contributed by atoms with van der Waals surface area (Å²) in [6.07, 6.45) is -1.07. The first-order chi connectivity index (χ1) is 10.5. The van der Waals surface area contributed by atoms with E-state index in [-0.39, 0.29) is 23.5 Å². The van der Waals surface area contributed by atoms with Crippen LogP contribution in [0.1, 0.15) is 16.8 Å². The van der Waals surface area contributed by atoms with Gasteiger partial charge >= 0.3 is 0 Å². The average molecular weight is 320 g/mol. The van der Waals surface area contributed by atoms with Crippen molar-refractivity contribution in [2.24, 2.45) is 0 Å². The zero-order valence-electron chi connectivity index (χ0n) is 11.3. The predicted molar refractivity (Wildman–Crippen MR) is 79.8 cm³/mol. The molecule has 0 saturated carbocycles. The second-order valence-corrected chi connectivity index (χ2v) is 5.31. The quantitative estimate of drug-likeness (QED) is 0.922. The summed E-state index contributed by atoms with van der Waals surface area (Å²) in [4.78, 5) is 24.2. The number of benzene rings is 2. The summed E-state index contributed by atoms with van der Waals surface area (Å²) in [5, 5.41) is 3.21. The predicted octanol–water partition coefficient (Wildman–Crippen LogP) is 3.45. The lowest BCUT2D eigenvalue weighted by atomic mass is 10.00. The molecule has 1 N–H and O–H groups in total. The summed E-state index contributed by atoms with van der Waals surface area (Å²) in [5.74, 6) is -1.06. The number of Topliss-reactive ketones (excluding diaryl/α,β-unsaturated/α-hetero) is 1. The van der Waals surface area contributed by atoms with Gasteiger partial charge in [0.25, 0.3) is 5.91 Å². The van der Waals surface area contributed by atoms with Gasteiger partial charge in [0.2, 0.25) is 0 Å². The largest absolute Gasteiger partial charge is 0.479 e. The van der Waals surface area contributed by atoms with E-state index >= 15 is 0 Å². The van der Waals surface area contributed by atoms with E-state index in [1.807, 2.05) is 0 Å². The fourth-order valence-electron chi connectivity index (χ4n) is 2.20. The van der Waals surface area contributed by atoms with E-state index in [0.717, 1.165) is 6.07 Å². The van der Waals surface area contributed by atoms with Crippen molar-refractivity contribution in [3.8, 4) is 5.75 Å². The minimum Gasteiger partial charge on any atom is -0.479 e. The molecule has 2 aromatic carbocycles. The molecule has 0 aromatic heterocycles. The minimum atomic E-state index is -0.943. The highest BCUT2D eigenvalue weighted by atomic mass is 35.5. The second kappa shape index (κ2) is 5.77. The maximum Gasteiger partial charge on any atom is 0.265 e. The summed E-state index contributed by atoms with van der Waals surface area (Å²) in [6, 6.07) is 10.2. The van der Waals surface area contributed by atoms with Crippen LogP contribution in [0.5, 0.6) is 5.75 Å². The van der Waals surface area contributed by atoms with Crippen LogP contribution >= 0.6 is 11.6 Å². The molecule has 1 aliphatic heterocycles. The van der Waals surface area contributed by atoms with Gasteiger partial charge in [-0.1, -0.05) is 11.6 Å². The van der Waals surface area contributed by atoms with Gasteiger partial charge in [-0.15, -0.1) is 0 Å². The van der Waals surface area contributed by atoms with Crippen molar-refractivity contribution in [3.05, 3.63) is 58.9 Å². The Morgan fingerprint density at radius 2 is 1.95 bits per heavy atom. The Morgan fingerprint density at radius 1 is 1.23 bits per heavy atom. The third kappa shape index (κ3) is 2.94. The fourth-order valence-corrected chi connectivity index (χ4v) is 2.32. The first-order valence-corrected chi connectivity index (χ1v) is 6.96. The van der Waals surface area contributed by atoms with E-state index in [9.17, 15) is 14.0 Å². The van der Waals surface area contributed by atoms with Gasteiger partial charge in [-0.25, -0.2) is 4.39 Å². The smallest absolute Gasteiger partial charge is 0.265 e. The molecule has 1 amide bonds. The highest BCUT2D eigenvalue weighted by Gasteiger charge is 2.31. The SMILES string of the molecule is O=C1C[C@H](C(=O)Nc2ccc(Cl)cc2)Oc2ccc(F)cc21. The standard InChI is InChI=1S/C16H11ClFNO3/c17-9-1-4-11(5-2-9)19-16(21)15-8-13(20)12-7-10(18)3-6-14(12)22-15/h1-7,15H,8H2,(H,19,21)/t15-/m1/s1. The van der Waals surface area contributed by atoms with Crippen LogP contribution in [-0.4, -0.2) is 17.8 Å². The van der Waals surface area contributed by atoms with E-state index in [1.165, 1.54) is 12.1 Å². The Kier molecular flexibility index (Phi) is 3.81. The third-order valence-corrected chi connectivity index (χ3v) is 3.54. The number of ketones is 1. The number of carbonyl (C=O) groups excluding carboxylic acids is 2. The number of hydrogen-bond acceptors (Lipinski definition) is 3. The van der Waals surface area contributed by atoms with Gasteiger partial charge < -0.3 is 10.1 Å². The third-order valence-electron chi connectivity index (χ3n) is 3.29. The second-order valence-electron chi connectivity index (χ2n) is 4.87. The molecular formula is C16H11ClFNO3. The molecule has 2 aromatic rings. The lowest BCUT2D eigenvalue weighted by Gasteiger charge is -2.24. The first kappa shape index (κ1) is 14.5. The zero-order valence-corrected chi connectivity index (χ0v) is 12.1. The number of nitrogens with one attached hydrogen (secondary N) is 1. The van der Waals surface area contributed by atoms with Crippen molar-refractivity contribution in [2.45, 2.75) is 12.5 Å². The molecule has 0 aliphatic carbocycles. The Balaban J connectivity index is 1.76. The number of carbonyl (C=O) groups is 2. The molecule has 22 heavy (non-hydrogen) atoms. The van der Waals surface area contributed by atoms with E-state index < -0.39 is 17.8 Å². The first-order valence-electron chi connectivity index (χ1n) is 6.59. The lowest BCUT2D eigenvalue weighted by Crippen LogP contribution is -2.38. The Labute approximate surface area is 130 Å². The van der Waals surface area contributed by atoms with Gasteiger partial charge in [0.15, 0.2) is 11.9 Å². The molecule has 0 radical (unpaired) electrons. The van der Waals surface area contributed by atoms with E-state index in [4.69, 9.17) is 16.3 Å². The number of rotatable bonds is 2. The maximum absolute atomic E-state index is 13.1. The van der Waals surface area contributed by atoms with Crippen LogP contribution in [0.15, 0.2) is 42.5 Å². The molecule has 4 nitrogen and oxygen atoms in total. The van der Waals surface area contributed by atoms with Crippen molar-refractivity contribution >= 4 is 29.0 Å². The number of halogens is 2. The fraction of sp³-hybridized carbons (Fsp3) is 0.125. The van der Waals surface area contributed by atoms with E-state index in [1.54, 1.807) is 24.3 Å². The number of hydrogen-bond donors (Lipinski definition) is 1. The van der Waals surface area contributed by atoms with Crippen molar-refractivity contribution in [3.63, 3.8) is 0 Å². The van der Waals surface area contributed by atoms with Gasteiger partial charge in [-0.2, -0.15) is 0 Å². The molecule has 1 heterocycles. The number of anilines is 1. The van der Waals surface area contributed by atoms with Crippen LogP contribution in [0, 0.1) is 5.82 Å². The van der Waals surface area contributed by atoms with E-state index in [0.29, 0.717) is 10.7 Å². The molecule has 112 valence electrons. The molecule has 1 aliphatic rings. The van der Waals surface area contributed by atoms with Gasteiger partial charge in [-0.3, -0.25) is 9.59 Å². The van der Waals surface area contributed by atoms with Crippen molar-refractivity contribution in [1.29, 1.82) is 0 Å². The van der Waals surface area contributed by atoms with Crippen LogP contribution in [0.25, 0.3) is 0 Å². The van der Waals surface area contributed by atoms with Crippen LogP contribution in [0.3, 0.4) is 0 Å². The van der Waals surface area contributed by atoms with E-state index in [2.05, 4.69) is 5.32 Å². The molecule has 3 rings (SSSR count). The highest BCUT2D eigenvalue weighted by molar-refractivity contribution is 6.30. The zero-order chi connectivity index (χ0) is 15.7. The van der Waals surface area contributed by atoms with Crippen LogP contribution < -0.4 is 10.1 Å². The van der Waals surface area contributed by atoms with Gasteiger partial charge in [0.05, 0.1) is 12.0 Å². The summed E-state index contributed by atoms with van der Waals surface area (Å²) in [5.41, 5.74) is 0.714. The number of ether oxygens (including phenoxy) is 1. The van der Waals surface area contributed by atoms with Crippen molar-refractivity contribution < 1.29 is 18.7 Å². The van der Waals surface area contributed by atoms with Gasteiger partial charge in [-0.05, 0) is 42.5 Å². The summed E-state index contributed by atoms with van der Waals surface area (Å²) in [6.45, 7) is 0. The topological polar surface area (TPSA) is 55.4 Å². The minimum absolute atomic E-state index is 0.129. The lowest BCUT2D eigenvalue weighted by molar-refractivity contribution is -0.122. The van der Waals surface area contributed by atoms with Crippen LogP contribution in [0.2, 0.25) is 5.02 Å². The molecule has 0 fully saturated rings. The molecule has 0 unspecified atom stereocenters.